The van der Waals surface area contributed by atoms with E-state index in [0.29, 0.717) is 6.10 Å². The first-order valence-corrected chi connectivity index (χ1v) is 5.45. The van der Waals surface area contributed by atoms with E-state index in [0.717, 1.165) is 39.1 Å². The lowest BCUT2D eigenvalue weighted by Gasteiger charge is -2.30. The van der Waals surface area contributed by atoms with Crippen LogP contribution in [0.3, 0.4) is 0 Å². The zero-order chi connectivity index (χ0) is 11.1. The summed E-state index contributed by atoms with van der Waals surface area (Å²) in [5.74, 6) is -0.876. The Morgan fingerprint density at radius 1 is 1.53 bits per heavy atom. The minimum absolute atomic E-state index is 0.398. The lowest BCUT2D eigenvalue weighted by Crippen LogP contribution is -2.37. The largest absolute Gasteiger partial charge is 0.478 e. The monoisotopic (exact) mass is 213 g/mol. The molecule has 0 aromatic heterocycles. The summed E-state index contributed by atoms with van der Waals surface area (Å²) in [4.78, 5) is 12.5. The number of hydrogen-bond donors (Lipinski definition) is 1. The minimum atomic E-state index is -0.876. The van der Waals surface area contributed by atoms with E-state index >= 15 is 0 Å². The van der Waals surface area contributed by atoms with Crippen molar-refractivity contribution in [1.82, 2.24) is 4.90 Å². The third kappa shape index (κ3) is 4.95. The van der Waals surface area contributed by atoms with Gasteiger partial charge in [0.05, 0.1) is 6.10 Å². The maximum atomic E-state index is 10.3. The molecule has 0 saturated carbocycles. The standard InChI is InChI=1S/C11H19NO3/c1-2-15-10-5-8-12(9-6-10)7-3-4-11(13)14/h3-4,10H,2,5-9H2,1H3,(H,13,14)/b4-3+. The SMILES string of the molecule is CCOC1CCN(C/C=C/C(=O)O)CC1. The van der Waals surface area contributed by atoms with Crippen molar-refractivity contribution in [3.8, 4) is 0 Å². The van der Waals surface area contributed by atoms with Crippen LogP contribution in [0.15, 0.2) is 12.2 Å². The summed E-state index contributed by atoms with van der Waals surface area (Å²) >= 11 is 0. The van der Waals surface area contributed by atoms with Gasteiger partial charge in [0.1, 0.15) is 0 Å². The zero-order valence-corrected chi connectivity index (χ0v) is 9.19. The molecule has 15 heavy (non-hydrogen) atoms. The number of aliphatic carboxylic acids is 1. The number of carbonyl (C=O) groups is 1. The number of likely N-dealkylation sites (tertiary alicyclic amines) is 1. The Hall–Kier alpha value is -0.870. The van der Waals surface area contributed by atoms with Gasteiger partial charge in [-0.3, -0.25) is 4.90 Å². The molecule has 0 aromatic rings. The minimum Gasteiger partial charge on any atom is -0.478 e. The highest BCUT2D eigenvalue weighted by atomic mass is 16.5. The highest BCUT2D eigenvalue weighted by Gasteiger charge is 2.17. The van der Waals surface area contributed by atoms with Gasteiger partial charge in [0.2, 0.25) is 0 Å². The van der Waals surface area contributed by atoms with Crippen LogP contribution in [0, 0.1) is 0 Å². The summed E-state index contributed by atoms with van der Waals surface area (Å²) in [6, 6.07) is 0. The first-order valence-electron chi connectivity index (χ1n) is 5.45. The fourth-order valence-electron chi connectivity index (χ4n) is 1.80. The van der Waals surface area contributed by atoms with E-state index in [4.69, 9.17) is 9.84 Å². The third-order valence-corrected chi connectivity index (χ3v) is 2.56. The molecule has 1 heterocycles. The molecular formula is C11H19NO3. The van der Waals surface area contributed by atoms with Crippen molar-refractivity contribution in [3.63, 3.8) is 0 Å². The summed E-state index contributed by atoms with van der Waals surface area (Å²) < 4.78 is 5.54. The van der Waals surface area contributed by atoms with Crippen molar-refractivity contribution in [3.05, 3.63) is 12.2 Å². The van der Waals surface area contributed by atoms with Gasteiger partial charge in [0, 0.05) is 32.3 Å². The van der Waals surface area contributed by atoms with E-state index in [1.807, 2.05) is 6.92 Å². The van der Waals surface area contributed by atoms with Crippen LogP contribution in [0.2, 0.25) is 0 Å². The van der Waals surface area contributed by atoms with Crippen LogP contribution in [0.25, 0.3) is 0 Å². The van der Waals surface area contributed by atoms with Crippen molar-refractivity contribution in [1.29, 1.82) is 0 Å². The number of carboxylic acid groups (broad SMARTS) is 1. The maximum Gasteiger partial charge on any atom is 0.328 e. The van der Waals surface area contributed by atoms with E-state index in [9.17, 15) is 4.79 Å². The number of rotatable bonds is 5. The van der Waals surface area contributed by atoms with Gasteiger partial charge in [-0.05, 0) is 19.8 Å². The smallest absolute Gasteiger partial charge is 0.328 e. The van der Waals surface area contributed by atoms with Crippen molar-refractivity contribution in [2.75, 3.05) is 26.2 Å². The van der Waals surface area contributed by atoms with Crippen LogP contribution < -0.4 is 0 Å². The van der Waals surface area contributed by atoms with Gasteiger partial charge in [-0.1, -0.05) is 6.08 Å². The molecule has 1 aliphatic rings. The molecule has 0 unspecified atom stereocenters. The summed E-state index contributed by atoms with van der Waals surface area (Å²) in [5, 5.41) is 8.43. The Bertz CT molecular complexity index is 220. The Balaban J connectivity index is 2.17. The van der Waals surface area contributed by atoms with E-state index < -0.39 is 5.97 Å². The molecule has 1 saturated heterocycles. The van der Waals surface area contributed by atoms with Gasteiger partial charge in [0.15, 0.2) is 0 Å². The maximum absolute atomic E-state index is 10.3. The summed E-state index contributed by atoms with van der Waals surface area (Å²) in [6.45, 7) is 5.51. The molecule has 0 spiro atoms. The number of carboxylic acids is 1. The van der Waals surface area contributed by atoms with Crippen LogP contribution >= 0.6 is 0 Å². The molecule has 0 amide bonds. The predicted molar refractivity (Wildman–Crippen MR) is 57.9 cm³/mol. The highest BCUT2D eigenvalue weighted by molar-refractivity contribution is 5.79. The van der Waals surface area contributed by atoms with Crippen molar-refractivity contribution >= 4 is 5.97 Å². The van der Waals surface area contributed by atoms with Gasteiger partial charge in [0.25, 0.3) is 0 Å². The Kier molecular flexibility index (Phi) is 5.36. The van der Waals surface area contributed by atoms with E-state index in [2.05, 4.69) is 4.90 Å². The number of piperidine rings is 1. The normalized spacial score (nSPS) is 19.8. The molecule has 0 bridgehead atoms. The fourth-order valence-corrected chi connectivity index (χ4v) is 1.80. The van der Waals surface area contributed by atoms with Gasteiger partial charge in [-0.25, -0.2) is 4.79 Å². The van der Waals surface area contributed by atoms with Crippen LogP contribution in [-0.2, 0) is 9.53 Å². The quantitative estimate of drug-likeness (QED) is 0.695. The second-order valence-electron chi connectivity index (χ2n) is 3.70. The van der Waals surface area contributed by atoms with E-state index in [1.54, 1.807) is 6.08 Å². The first kappa shape index (κ1) is 12.2. The van der Waals surface area contributed by atoms with Crippen LogP contribution in [0.4, 0.5) is 0 Å². The van der Waals surface area contributed by atoms with E-state index in [-0.39, 0.29) is 0 Å². The molecular weight excluding hydrogens is 194 g/mol. The lowest BCUT2D eigenvalue weighted by atomic mass is 10.1. The van der Waals surface area contributed by atoms with Gasteiger partial charge < -0.3 is 9.84 Å². The molecule has 0 atom stereocenters. The van der Waals surface area contributed by atoms with Gasteiger partial charge in [-0.2, -0.15) is 0 Å². The molecule has 0 radical (unpaired) electrons. The fraction of sp³-hybridized carbons (Fsp3) is 0.727. The second-order valence-corrected chi connectivity index (χ2v) is 3.70. The van der Waals surface area contributed by atoms with Gasteiger partial charge in [-0.15, -0.1) is 0 Å². The van der Waals surface area contributed by atoms with Crippen LogP contribution in [0.5, 0.6) is 0 Å². The molecule has 1 aliphatic heterocycles. The highest BCUT2D eigenvalue weighted by Crippen LogP contribution is 2.13. The Morgan fingerprint density at radius 2 is 2.20 bits per heavy atom. The van der Waals surface area contributed by atoms with Crippen LogP contribution in [-0.4, -0.2) is 48.3 Å². The molecule has 0 aliphatic carbocycles. The van der Waals surface area contributed by atoms with Crippen molar-refractivity contribution < 1.29 is 14.6 Å². The molecule has 4 heteroatoms. The Labute approximate surface area is 90.5 Å². The Morgan fingerprint density at radius 3 is 2.73 bits per heavy atom. The molecule has 4 nitrogen and oxygen atoms in total. The molecule has 86 valence electrons. The van der Waals surface area contributed by atoms with Crippen LogP contribution in [0.1, 0.15) is 19.8 Å². The third-order valence-electron chi connectivity index (χ3n) is 2.56. The topological polar surface area (TPSA) is 49.8 Å². The summed E-state index contributed by atoms with van der Waals surface area (Å²) in [7, 11) is 0. The first-order chi connectivity index (χ1) is 7.22. The molecule has 1 fully saturated rings. The summed E-state index contributed by atoms with van der Waals surface area (Å²) in [6.07, 6.45) is 5.40. The van der Waals surface area contributed by atoms with Crippen molar-refractivity contribution in [2.24, 2.45) is 0 Å². The predicted octanol–water partition coefficient (Wildman–Crippen LogP) is 1.13. The van der Waals surface area contributed by atoms with Gasteiger partial charge >= 0.3 is 5.97 Å². The molecule has 1 N–H and O–H groups in total. The average Bonchev–Trinajstić information content (AvgIpc) is 2.20. The zero-order valence-electron chi connectivity index (χ0n) is 9.19. The molecule has 1 rings (SSSR count). The lowest BCUT2D eigenvalue weighted by molar-refractivity contribution is -0.131. The molecule has 0 aromatic carbocycles. The number of nitrogens with zero attached hydrogens (tertiary/aromatic N) is 1. The van der Waals surface area contributed by atoms with E-state index in [1.165, 1.54) is 6.08 Å². The number of hydrogen-bond acceptors (Lipinski definition) is 3. The number of ether oxygens (including phenoxy) is 1. The van der Waals surface area contributed by atoms with Crippen molar-refractivity contribution in [2.45, 2.75) is 25.9 Å². The second kappa shape index (κ2) is 6.58. The summed E-state index contributed by atoms with van der Waals surface area (Å²) in [5.41, 5.74) is 0. The average molecular weight is 213 g/mol.